The van der Waals surface area contributed by atoms with Crippen LogP contribution >= 0.6 is 0 Å². The average molecular weight is 289 g/mol. The van der Waals surface area contributed by atoms with Crippen molar-refractivity contribution in [1.29, 1.82) is 0 Å². The second-order valence-electron chi connectivity index (χ2n) is 6.68. The summed E-state index contributed by atoms with van der Waals surface area (Å²) < 4.78 is 5.26. The van der Waals surface area contributed by atoms with Crippen LogP contribution in [0.15, 0.2) is 28.8 Å². The zero-order chi connectivity index (χ0) is 15.5. The zero-order valence-corrected chi connectivity index (χ0v) is 12.8. The van der Waals surface area contributed by atoms with E-state index in [1.165, 1.54) is 0 Å². The lowest BCUT2D eigenvalue weighted by molar-refractivity contribution is 0.312. The first-order valence-electron chi connectivity index (χ1n) is 7.17. The fourth-order valence-corrected chi connectivity index (χ4v) is 2.32. The van der Waals surface area contributed by atoms with Gasteiger partial charge in [0.05, 0.1) is 0 Å². The van der Waals surface area contributed by atoms with E-state index in [9.17, 15) is 5.11 Å². The zero-order valence-electron chi connectivity index (χ0n) is 12.8. The highest BCUT2D eigenvalue weighted by Crippen LogP contribution is 2.21. The number of nitrogens with zero attached hydrogens (tertiary/aromatic N) is 2. The van der Waals surface area contributed by atoms with Crippen molar-refractivity contribution >= 4 is 0 Å². The molecule has 5 heteroatoms. The monoisotopic (exact) mass is 289 g/mol. The van der Waals surface area contributed by atoms with Crippen molar-refractivity contribution in [2.24, 2.45) is 11.1 Å². The molecule has 1 heterocycles. The molecule has 0 amide bonds. The third kappa shape index (κ3) is 5.19. The van der Waals surface area contributed by atoms with Gasteiger partial charge in [-0.2, -0.15) is 4.98 Å². The molecule has 0 radical (unpaired) electrons. The maximum atomic E-state index is 9.26. The number of aromatic hydroxyl groups is 1. The lowest BCUT2D eigenvalue weighted by Crippen LogP contribution is -2.28. The number of phenols is 1. The van der Waals surface area contributed by atoms with Crippen LogP contribution < -0.4 is 5.73 Å². The van der Waals surface area contributed by atoms with Crippen LogP contribution in [0.25, 0.3) is 0 Å². The summed E-state index contributed by atoms with van der Waals surface area (Å²) >= 11 is 0. The van der Waals surface area contributed by atoms with E-state index in [1.54, 1.807) is 12.1 Å². The average Bonchev–Trinajstić information content (AvgIpc) is 2.77. The highest BCUT2D eigenvalue weighted by atomic mass is 16.5. The first-order valence-corrected chi connectivity index (χ1v) is 7.17. The smallest absolute Gasteiger partial charge is 0.228 e. The second kappa shape index (κ2) is 6.26. The summed E-state index contributed by atoms with van der Waals surface area (Å²) in [7, 11) is 0. The van der Waals surface area contributed by atoms with E-state index in [1.807, 2.05) is 12.1 Å². The number of aromatic nitrogens is 2. The Kier molecular flexibility index (Phi) is 4.63. The summed E-state index contributed by atoms with van der Waals surface area (Å²) in [5, 5.41) is 13.2. The van der Waals surface area contributed by atoms with E-state index >= 15 is 0 Å². The van der Waals surface area contributed by atoms with Gasteiger partial charge in [-0.1, -0.05) is 38.1 Å². The predicted molar refractivity (Wildman–Crippen MR) is 81.0 cm³/mol. The van der Waals surface area contributed by atoms with Gasteiger partial charge in [-0.25, -0.2) is 0 Å². The Morgan fingerprint density at radius 2 is 1.90 bits per heavy atom. The van der Waals surface area contributed by atoms with E-state index in [0.29, 0.717) is 24.6 Å². The second-order valence-corrected chi connectivity index (χ2v) is 6.68. The van der Waals surface area contributed by atoms with Crippen LogP contribution in [0, 0.1) is 5.41 Å². The van der Waals surface area contributed by atoms with Crippen LogP contribution in [0.4, 0.5) is 0 Å². The predicted octanol–water partition coefficient (Wildman–Crippen LogP) is 2.67. The lowest BCUT2D eigenvalue weighted by Gasteiger charge is -2.21. The van der Waals surface area contributed by atoms with Crippen molar-refractivity contribution in [3.8, 4) is 5.75 Å². The maximum Gasteiger partial charge on any atom is 0.228 e. The number of rotatable bonds is 5. The Labute approximate surface area is 125 Å². The number of hydrogen-bond acceptors (Lipinski definition) is 5. The standard InChI is InChI=1S/C16H23N3O2/c1-16(2,3)10-12(17)9-15-18-14(19-21-15)8-11-4-6-13(20)7-5-11/h4-7,12,20H,8-10,17H2,1-3H3. The minimum atomic E-state index is 0.0203. The largest absolute Gasteiger partial charge is 0.508 e. The van der Waals surface area contributed by atoms with Crippen LogP contribution in [-0.2, 0) is 12.8 Å². The summed E-state index contributed by atoms with van der Waals surface area (Å²) in [4.78, 5) is 4.38. The van der Waals surface area contributed by atoms with Crippen LogP contribution in [0.1, 0.15) is 44.5 Å². The van der Waals surface area contributed by atoms with Crippen LogP contribution in [0.2, 0.25) is 0 Å². The van der Waals surface area contributed by atoms with E-state index < -0.39 is 0 Å². The van der Waals surface area contributed by atoms with E-state index in [-0.39, 0.29) is 17.2 Å². The number of hydrogen-bond donors (Lipinski definition) is 2. The van der Waals surface area contributed by atoms with E-state index in [0.717, 1.165) is 12.0 Å². The highest BCUT2D eigenvalue weighted by molar-refractivity contribution is 5.27. The first-order chi connectivity index (χ1) is 9.82. The first kappa shape index (κ1) is 15.5. The van der Waals surface area contributed by atoms with E-state index in [2.05, 4.69) is 30.9 Å². The summed E-state index contributed by atoms with van der Waals surface area (Å²) in [5.41, 5.74) is 7.33. The van der Waals surface area contributed by atoms with Gasteiger partial charge in [-0.05, 0) is 29.5 Å². The van der Waals surface area contributed by atoms with Crippen molar-refractivity contribution in [2.75, 3.05) is 0 Å². The van der Waals surface area contributed by atoms with Crippen molar-refractivity contribution in [1.82, 2.24) is 10.1 Å². The van der Waals surface area contributed by atoms with Crippen LogP contribution in [-0.4, -0.2) is 21.3 Å². The van der Waals surface area contributed by atoms with Gasteiger partial charge >= 0.3 is 0 Å². The van der Waals surface area contributed by atoms with Crippen molar-refractivity contribution in [3.05, 3.63) is 41.5 Å². The summed E-state index contributed by atoms with van der Waals surface area (Å²) in [5.74, 6) is 1.47. The van der Waals surface area contributed by atoms with Gasteiger partial charge in [0.25, 0.3) is 0 Å². The minimum Gasteiger partial charge on any atom is -0.508 e. The molecule has 3 N–H and O–H groups in total. The SMILES string of the molecule is CC(C)(C)CC(N)Cc1nc(Cc2ccc(O)cc2)no1. The van der Waals surface area contributed by atoms with Gasteiger partial charge in [0.15, 0.2) is 5.82 Å². The molecule has 0 aliphatic carbocycles. The third-order valence-electron chi connectivity index (χ3n) is 3.12. The molecule has 1 unspecified atom stereocenters. The molecule has 0 aliphatic rings. The Bertz CT molecular complexity index is 570. The molecule has 0 spiro atoms. The Morgan fingerprint density at radius 3 is 2.52 bits per heavy atom. The Hall–Kier alpha value is -1.88. The maximum absolute atomic E-state index is 9.26. The highest BCUT2D eigenvalue weighted by Gasteiger charge is 2.18. The summed E-state index contributed by atoms with van der Waals surface area (Å²) in [6.07, 6.45) is 2.08. The molecule has 0 saturated carbocycles. The van der Waals surface area contributed by atoms with Crippen molar-refractivity contribution in [2.45, 2.75) is 46.1 Å². The molecule has 114 valence electrons. The molecular formula is C16H23N3O2. The van der Waals surface area contributed by atoms with Gasteiger partial charge in [-0.3, -0.25) is 0 Å². The lowest BCUT2D eigenvalue weighted by atomic mass is 9.87. The molecule has 2 aromatic rings. The van der Waals surface area contributed by atoms with E-state index in [4.69, 9.17) is 10.3 Å². The fraction of sp³-hybridized carbons (Fsp3) is 0.500. The quantitative estimate of drug-likeness (QED) is 0.884. The van der Waals surface area contributed by atoms with Gasteiger partial charge in [0.1, 0.15) is 5.75 Å². The van der Waals surface area contributed by atoms with Crippen molar-refractivity contribution in [3.63, 3.8) is 0 Å². The molecule has 5 nitrogen and oxygen atoms in total. The van der Waals surface area contributed by atoms with Gasteiger partial charge in [0.2, 0.25) is 5.89 Å². The normalized spacial score (nSPS) is 13.3. The molecular weight excluding hydrogens is 266 g/mol. The fourth-order valence-electron chi connectivity index (χ4n) is 2.32. The molecule has 0 bridgehead atoms. The molecule has 0 aliphatic heterocycles. The minimum absolute atomic E-state index is 0.0203. The number of benzene rings is 1. The summed E-state index contributed by atoms with van der Waals surface area (Å²) in [6, 6.07) is 7.01. The summed E-state index contributed by atoms with van der Waals surface area (Å²) in [6.45, 7) is 6.49. The van der Waals surface area contributed by atoms with Gasteiger partial charge in [-0.15, -0.1) is 0 Å². The third-order valence-corrected chi connectivity index (χ3v) is 3.12. The van der Waals surface area contributed by atoms with Crippen LogP contribution in [0.5, 0.6) is 5.75 Å². The number of nitrogens with two attached hydrogens (primary N) is 1. The van der Waals surface area contributed by atoms with Gasteiger partial charge in [0, 0.05) is 18.9 Å². The molecule has 0 saturated heterocycles. The molecule has 21 heavy (non-hydrogen) atoms. The van der Waals surface area contributed by atoms with Gasteiger partial charge < -0.3 is 15.4 Å². The molecule has 0 fully saturated rings. The molecule has 2 rings (SSSR count). The van der Waals surface area contributed by atoms with Crippen LogP contribution in [0.3, 0.4) is 0 Å². The molecule has 1 aromatic carbocycles. The molecule has 1 atom stereocenters. The Balaban J connectivity index is 1.93. The topological polar surface area (TPSA) is 85.2 Å². The van der Waals surface area contributed by atoms with Crippen molar-refractivity contribution < 1.29 is 9.63 Å². The Morgan fingerprint density at radius 1 is 1.24 bits per heavy atom. The number of phenolic OH excluding ortho intramolecular Hbond substituents is 1. The molecule has 1 aromatic heterocycles.